The second-order valence-corrected chi connectivity index (χ2v) is 3.12. The maximum atomic E-state index is 5.46. The van der Waals surface area contributed by atoms with E-state index in [1.807, 2.05) is 0 Å². The lowest BCUT2D eigenvalue weighted by Gasteiger charge is -2.13. The van der Waals surface area contributed by atoms with Gasteiger partial charge in [0.05, 0.1) is 6.61 Å². The van der Waals surface area contributed by atoms with Crippen LogP contribution in [0.25, 0.3) is 0 Å². The van der Waals surface area contributed by atoms with Crippen molar-refractivity contribution in [1.29, 1.82) is 0 Å². The first-order chi connectivity index (χ1) is 4.83. The predicted octanol–water partition coefficient (Wildman–Crippen LogP) is 1.67. The van der Waals surface area contributed by atoms with E-state index >= 15 is 0 Å². The maximum Gasteiger partial charge on any atom is 0.0682 e. The molecule has 0 amide bonds. The van der Waals surface area contributed by atoms with Crippen molar-refractivity contribution in [3.8, 4) is 0 Å². The van der Waals surface area contributed by atoms with E-state index in [0.717, 1.165) is 32.0 Å². The van der Waals surface area contributed by atoms with Gasteiger partial charge >= 0.3 is 0 Å². The first kappa shape index (κ1) is 8.02. The SMILES string of the molecule is CCCON1CCC(C)C1. The third-order valence-corrected chi connectivity index (χ3v) is 1.86. The van der Waals surface area contributed by atoms with Crippen LogP contribution in [0.15, 0.2) is 0 Å². The van der Waals surface area contributed by atoms with Crippen LogP contribution in [-0.2, 0) is 4.84 Å². The van der Waals surface area contributed by atoms with Crippen molar-refractivity contribution in [3.05, 3.63) is 0 Å². The average molecular weight is 143 g/mol. The van der Waals surface area contributed by atoms with E-state index in [1.54, 1.807) is 0 Å². The molecule has 1 saturated heterocycles. The van der Waals surface area contributed by atoms with Gasteiger partial charge in [-0.15, -0.1) is 0 Å². The van der Waals surface area contributed by atoms with E-state index in [1.165, 1.54) is 6.42 Å². The molecule has 1 fully saturated rings. The van der Waals surface area contributed by atoms with Gasteiger partial charge in [-0.1, -0.05) is 13.8 Å². The number of hydrogen-bond acceptors (Lipinski definition) is 2. The number of hydroxylamine groups is 2. The molecule has 0 bridgehead atoms. The first-order valence-corrected chi connectivity index (χ1v) is 4.20. The van der Waals surface area contributed by atoms with Gasteiger partial charge in [-0.3, -0.25) is 4.84 Å². The average Bonchev–Trinajstić information content (AvgIpc) is 2.31. The van der Waals surface area contributed by atoms with Gasteiger partial charge < -0.3 is 0 Å². The minimum absolute atomic E-state index is 0.830. The zero-order valence-corrected chi connectivity index (χ0v) is 6.97. The summed E-state index contributed by atoms with van der Waals surface area (Å²) in [6.07, 6.45) is 2.41. The van der Waals surface area contributed by atoms with Gasteiger partial charge in [-0.25, -0.2) is 0 Å². The monoisotopic (exact) mass is 143 g/mol. The van der Waals surface area contributed by atoms with Crippen molar-refractivity contribution in [2.45, 2.75) is 26.7 Å². The third-order valence-electron chi connectivity index (χ3n) is 1.86. The van der Waals surface area contributed by atoms with Gasteiger partial charge in [0.2, 0.25) is 0 Å². The highest BCUT2D eigenvalue weighted by Gasteiger charge is 2.18. The molecule has 1 rings (SSSR count). The first-order valence-electron chi connectivity index (χ1n) is 4.20. The van der Waals surface area contributed by atoms with Crippen molar-refractivity contribution in [2.24, 2.45) is 5.92 Å². The highest BCUT2D eigenvalue weighted by atomic mass is 16.7. The van der Waals surface area contributed by atoms with Crippen LogP contribution in [0.2, 0.25) is 0 Å². The van der Waals surface area contributed by atoms with Crippen LogP contribution in [0, 0.1) is 5.92 Å². The molecule has 60 valence electrons. The van der Waals surface area contributed by atoms with E-state index < -0.39 is 0 Å². The second-order valence-electron chi connectivity index (χ2n) is 3.12. The Labute approximate surface area is 63.1 Å². The van der Waals surface area contributed by atoms with Gasteiger partial charge in [-0.05, 0) is 18.8 Å². The quantitative estimate of drug-likeness (QED) is 0.596. The summed E-state index contributed by atoms with van der Waals surface area (Å²) in [6.45, 7) is 7.54. The smallest absolute Gasteiger partial charge is 0.0682 e. The predicted molar refractivity (Wildman–Crippen MR) is 41.6 cm³/mol. The van der Waals surface area contributed by atoms with Crippen molar-refractivity contribution in [3.63, 3.8) is 0 Å². The molecule has 1 aliphatic heterocycles. The van der Waals surface area contributed by atoms with Crippen LogP contribution in [0.3, 0.4) is 0 Å². The Morgan fingerprint density at radius 1 is 1.60 bits per heavy atom. The van der Waals surface area contributed by atoms with Crippen LogP contribution >= 0.6 is 0 Å². The molecule has 0 spiro atoms. The normalized spacial score (nSPS) is 27.6. The van der Waals surface area contributed by atoms with Gasteiger partial charge in [0, 0.05) is 13.1 Å². The maximum absolute atomic E-state index is 5.46. The Kier molecular flexibility index (Phi) is 3.16. The zero-order chi connectivity index (χ0) is 7.40. The van der Waals surface area contributed by atoms with Crippen LogP contribution < -0.4 is 0 Å². The van der Waals surface area contributed by atoms with Gasteiger partial charge in [0.1, 0.15) is 0 Å². The third kappa shape index (κ3) is 2.27. The molecule has 0 N–H and O–H groups in total. The molecule has 0 aromatic heterocycles. The molecule has 0 aromatic carbocycles. The molecule has 2 nitrogen and oxygen atoms in total. The van der Waals surface area contributed by atoms with Gasteiger partial charge in [0.25, 0.3) is 0 Å². The van der Waals surface area contributed by atoms with Gasteiger partial charge in [-0.2, -0.15) is 5.06 Å². The molecule has 1 heterocycles. The fourth-order valence-electron chi connectivity index (χ4n) is 1.23. The molecular weight excluding hydrogens is 126 g/mol. The molecule has 0 saturated carbocycles. The molecule has 1 unspecified atom stereocenters. The van der Waals surface area contributed by atoms with Gasteiger partial charge in [0.15, 0.2) is 0 Å². The fraction of sp³-hybridized carbons (Fsp3) is 1.00. The van der Waals surface area contributed by atoms with E-state index in [0.29, 0.717) is 0 Å². The molecule has 0 radical (unpaired) electrons. The molecule has 10 heavy (non-hydrogen) atoms. The Bertz CT molecular complexity index is 95.3. The molecule has 1 atom stereocenters. The summed E-state index contributed by atoms with van der Waals surface area (Å²) in [5.74, 6) is 0.830. The van der Waals surface area contributed by atoms with Crippen molar-refractivity contribution < 1.29 is 4.84 Å². The summed E-state index contributed by atoms with van der Waals surface area (Å²) >= 11 is 0. The lowest BCUT2D eigenvalue weighted by atomic mass is 10.2. The minimum Gasteiger partial charge on any atom is -0.299 e. The minimum atomic E-state index is 0.830. The molecule has 1 aliphatic rings. The van der Waals surface area contributed by atoms with Crippen LogP contribution in [-0.4, -0.2) is 24.8 Å². The Balaban J connectivity index is 2.06. The fourth-order valence-corrected chi connectivity index (χ4v) is 1.23. The largest absolute Gasteiger partial charge is 0.299 e. The molecule has 0 aromatic rings. The molecule has 2 heteroatoms. The Hall–Kier alpha value is -0.0800. The summed E-state index contributed by atoms with van der Waals surface area (Å²) in [6, 6.07) is 0. The summed E-state index contributed by atoms with van der Waals surface area (Å²) in [7, 11) is 0. The van der Waals surface area contributed by atoms with E-state index in [-0.39, 0.29) is 0 Å². The molecular formula is C8H17NO. The number of rotatable bonds is 3. The summed E-state index contributed by atoms with van der Waals surface area (Å²) < 4.78 is 0. The van der Waals surface area contributed by atoms with Crippen molar-refractivity contribution in [1.82, 2.24) is 5.06 Å². The van der Waals surface area contributed by atoms with E-state index in [9.17, 15) is 0 Å². The van der Waals surface area contributed by atoms with Crippen molar-refractivity contribution >= 4 is 0 Å². The topological polar surface area (TPSA) is 12.5 Å². The van der Waals surface area contributed by atoms with E-state index in [4.69, 9.17) is 4.84 Å². The number of nitrogens with zero attached hydrogens (tertiary/aromatic N) is 1. The second kappa shape index (κ2) is 3.94. The Morgan fingerprint density at radius 2 is 2.40 bits per heavy atom. The van der Waals surface area contributed by atoms with Crippen LogP contribution in [0.4, 0.5) is 0 Å². The van der Waals surface area contributed by atoms with Crippen LogP contribution in [0.5, 0.6) is 0 Å². The van der Waals surface area contributed by atoms with E-state index in [2.05, 4.69) is 18.9 Å². The summed E-state index contributed by atoms with van der Waals surface area (Å²) in [5.41, 5.74) is 0. The summed E-state index contributed by atoms with van der Waals surface area (Å²) in [4.78, 5) is 5.46. The standard InChI is InChI=1S/C8H17NO/c1-3-6-10-9-5-4-8(2)7-9/h8H,3-7H2,1-2H3. The van der Waals surface area contributed by atoms with Crippen molar-refractivity contribution in [2.75, 3.05) is 19.7 Å². The summed E-state index contributed by atoms with van der Waals surface area (Å²) in [5, 5.41) is 2.09. The highest BCUT2D eigenvalue weighted by molar-refractivity contribution is 4.65. The Morgan fingerprint density at radius 3 is 2.90 bits per heavy atom. The number of hydrogen-bond donors (Lipinski definition) is 0. The zero-order valence-electron chi connectivity index (χ0n) is 6.97. The molecule has 0 aliphatic carbocycles. The lowest BCUT2D eigenvalue weighted by molar-refractivity contribution is -0.144. The van der Waals surface area contributed by atoms with Crippen LogP contribution in [0.1, 0.15) is 26.7 Å². The highest BCUT2D eigenvalue weighted by Crippen LogP contribution is 2.14. The lowest BCUT2D eigenvalue weighted by Crippen LogP contribution is -2.21.